The van der Waals surface area contributed by atoms with Crippen molar-refractivity contribution in [2.45, 2.75) is 51.9 Å². The summed E-state index contributed by atoms with van der Waals surface area (Å²) in [6.45, 7) is 5.23. The number of piperidine rings is 1. The van der Waals surface area contributed by atoms with Gasteiger partial charge in [-0.25, -0.2) is 0 Å². The fourth-order valence-corrected chi connectivity index (χ4v) is 3.52. The van der Waals surface area contributed by atoms with Gasteiger partial charge in [0.05, 0.1) is 13.1 Å². The monoisotopic (exact) mass is 308 g/mol. The minimum absolute atomic E-state index is 0.00616. The van der Waals surface area contributed by atoms with Gasteiger partial charge in [-0.05, 0) is 32.1 Å². The molecule has 1 fully saturated rings. The molecule has 22 heavy (non-hydrogen) atoms. The van der Waals surface area contributed by atoms with Crippen LogP contribution in [0.3, 0.4) is 0 Å². The number of amides is 2. The molecule has 124 valence electrons. The van der Waals surface area contributed by atoms with Crippen LogP contribution in [0, 0.1) is 5.92 Å². The Kier molecular flexibility index (Phi) is 6.43. The first-order valence-corrected chi connectivity index (χ1v) is 8.74. The predicted octanol–water partition coefficient (Wildman–Crippen LogP) is 0.463. The van der Waals surface area contributed by atoms with Gasteiger partial charge in [0.1, 0.15) is 0 Å². The third kappa shape index (κ3) is 4.57. The third-order valence-electron chi connectivity index (χ3n) is 4.86. The first kappa shape index (κ1) is 17.0. The van der Waals surface area contributed by atoms with Gasteiger partial charge in [0.25, 0.3) is 5.91 Å². The minimum atomic E-state index is -0.189. The van der Waals surface area contributed by atoms with Crippen LogP contribution in [-0.2, 0) is 9.59 Å². The van der Waals surface area contributed by atoms with Gasteiger partial charge in [0, 0.05) is 31.0 Å². The number of nitrogens with zero attached hydrogens (tertiary/aromatic N) is 1. The molecule has 0 atom stereocenters. The molecular weight excluding hydrogens is 278 g/mol. The van der Waals surface area contributed by atoms with Crippen molar-refractivity contribution in [3.63, 3.8) is 0 Å². The van der Waals surface area contributed by atoms with E-state index in [0.717, 1.165) is 51.7 Å². The molecule has 0 unspecified atom stereocenters. The number of carbonyl (C=O) groups is 2. The Balaban J connectivity index is 1.88. The maximum absolute atomic E-state index is 12.7. The highest BCUT2D eigenvalue weighted by Gasteiger charge is 2.29. The summed E-state index contributed by atoms with van der Waals surface area (Å²) in [5, 5.41) is 0. The number of rotatable bonds is 6. The Morgan fingerprint density at radius 1 is 1.32 bits per heavy atom. The highest BCUT2D eigenvalue weighted by atomic mass is 16.2. The summed E-state index contributed by atoms with van der Waals surface area (Å²) in [6.07, 6.45) is 9.42. The summed E-state index contributed by atoms with van der Waals surface area (Å²) in [4.78, 5) is 27.2. The van der Waals surface area contributed by atoms with Gasteiger partial charge in [-0.15, -0.1) is 0 Å². The number of hydrogen-bond acceptors (Lipinski definition) is 2. The lowest BCUT2D eigenvalue weighted by Gasteiger charge is -2.31. The Morgan fingerprint density at radius 2 is 2.05 bits per heavy atom. The van der Waals surface area contributed by atoms with E-state index in [4.69, 9.17) is 5.73 Å². The fourth-order valence-electron chi connectivity index (χ4n) is 3.52. The van der Waals surface area contributed by atoms with Crippen LogP contribution in [0.25, 0.3) is 0 Å². The van der Waals surface area contributed by atoms with E-state index in [-0.39, 0.29) is 17.7 Å². The zero-order valence-corrected chi connectivity index (χ0v) is 13.8. The molecule has 1 aliphatic carbocycles. The van der Waals surface area contributed by atoms with Crippen LogP contribution in [0.5, 0.6) is 0 Å². The van der Waals surface area contributed by atoms with Gasteiger partial charge in [0.15, 0.2) is 6.54 Å². The van der Waals surface area contributed by atoms with Crippen molar-refractivity contribution in [2.75, 3.05) is 26.2 Å². The Hall–Kier alpha value is -1.36. The first-order valence-electron chi connectivity index (χ1n) is 8.74. The lowest BCUT2D eigenvalue weighted by atomic mass is 9.96. The van der Waals surface area contributed by atoms with Crippen molar-refractivity contribution in [3.05, 3.63) is 11.8 Å². The van der Waals surface area contributed by atoms with E-state index >= 15 is 0 Å². The van der Waals surface area contributed by atoms with Gasteiger partial charge >= 0.3 is 0 Å². The van der Waals surface area contributed by atoms with E-state index in [1.54, 1.807) is 0 Å². The van der Waals surface area contributed by atoms with Gasteiger partial charge in [-0.1, -0.05) is 13.0 Å². The molecule has 3 N–H and O–H groups in total. The summed E-state index contributed by atoms with van der Waals surface area (Å²) in [6, 6.07) is 0. The van der Waals surface area contributed by atoms with Crippen molar-refractivity contribution in [1.82, 2.24) is 4.90 Å². The fraction of sp³-hybridized carbons (Fsp3) is 0.765. The summed E-state index contributed by atoms with van der Waals surface area (Å²) in [5.74, 6) is 0.0551. The number of nitrogens with one attached hydrogen (secondary N) is 1. The number of nitrogens with two attached hydrogens (primary N) is 1. The SMILES string of the molecule is CCCN(C(=O)C[NH+]1CCC(C(N)=O)CC1)C1=CCCCC1. The molecule has 0 bridgehead atoms. The van der Waals surface area contributed by atoms with Gasteiger partial charge in [-0.3, -0.25) is 9.59 Å². The van der Waals surface area contributed by atoms with Crippen molar-refractivity contribution in [3.8, 4) is 0 Å². The zero-order chi connectivity index (χ0) is 15.9. The zero-order valence-electron chi connectivity index (χ0n) is 13.8. The lowest BCUT2D eigenvalue weighted by molar-refractivity contribution is -0.898. The van der Waals surface area contributed by atoms with E-state index in [2.05, 4.69) is 13.0 Å². The molecule has 2 amide bonds. The molecule has 0 spiro atoms. The molecule has 1 saturated heterocycles. The average molecular weight is 308 g/mol. The average Bonchev–Trinajstić information content (AvgIpc) is 2.53. The molecule has 1 heterocycles. The molecular formula is C17H30N3O2+. The van der Waals surface area contributed by atoms with Gasteiger partial charge < -0.3 is 15.5 Å². The van der Waals surface area contributed by atoms with Crippen LogP contribution < -0.4 is 10.6 Å². The molecule has 2 rings (SSSR count). The summed E-state index contributed by atoms with van der Waals surface area (Å²) in [5.41, 5.74) is 6.59. The Morgan fingerprint density at radius 3 is 2.59 bits per heavy atom. The van der Waals surface area contributed by atoms with Crippen molar-refractivity contribution in [2.24, 2.45) is 11.7 Å². The van der Waals surface area contributed by atoms with Crippen LogP contribution in [0.4, 0.5) is 0 Å². The molecule has 0 saturated carbocycles. The quantitative estimate of drug-likeness (QED) is 0.749. The number of allylic oxidation sites excluding steroid dienone is 2. The van der Waals surface area contributed by atoms with Gasteiger partial charge in [0.2, 0.25) is 5.91 Å². The molecule has 5 nitrogen and oxygen atoms in total. The first-order chi connectivity index (χ1) is 10.6. The highest BCUT2D eigenvalue weighted by molar-refractivity contribution is 5.79. The Labute approximate surface area is 133 Å². The van der Waals surface area contributed by atoms with Crippen molar-refractivity contribution < 1.29 is 14.5 Å². The molecule has 2 aliphatic rings. The van der Waals surface area contributed by atoms with E-state index in [1.165, 1.54) is 23.4 Å². The maximum Gasteiger partial charge on any atom is 0.281 e. The highest BCUT2D eigenvalue weighted by Crippen LogP contribution is 2.21. The molecule has 1 aliphatic heterocycles. The van der Waals surface area contributed by atoms with E-state index in [0.29, 0.717) is 6.54 Å². The largest absolute Gasteiger partial charge is 0.369 e. The standard InChI is InChI=1S/C17H29N3O2/c1-2-10-20(15-6-4-3-5-7-15)16(21)13-19-11-8-14(9-12-19)17(18)22/h6,14H,2-5,7-13H2,1H3,(H2,18,22)/p+1. The number of likely N-dealkylation sites (tertiary alicyclic amines) is 1. The molecule has 5 heteroatoms. The molecule has 0 aromatic rings. The topological polar surface area (TPSA) is 67.8 Å². The van der Waals surface area contributed by atoms with Crippen LogP contribution in [-0.4, -0.2) is 42.9 Å². The third-order valence-corrected chi connectivity index (χ3v) is 4.86. The van der Waals surface area contributed by atoms with Crippen LogP contribution in [0.15, 0.2) is 11.8 Å². The number of hydrogen-bond donors (Lipinski definition) is 2. The van der Waals surface area contributed by atoms with Crippen molar-refractivity contribution >= 4 is 11.8 Å². The van der Waals surface area contributed by atoms with Crippen LogP contribution >= 0.6 is 0 Å². The minimum Gasteiger partial charge on any atom is -0.369 e. The lowest BCUT2D eigenvalue weighted by Crippen LogP contribution is -3.14. The van der Waals surface area contributed by atoms with E-state index in [9.17, 15) is 9.59 Å². The van der Waals surface area contributed by atoms with E-state index < -0.39 is 0 Å². The molecule has 0 aromatic carbocycles. The Bertz CT molecular complexity index is 426. The van der Waals surface area contributed by atoms with Crippen LogP contribution in [0.1, 0.15) is 51.9 Å². The second kappa shape index (κ2) is 8.32. The van der Waals surface area contributed by atoms with Gasteiger partial charge in [-0.2, -0.15) is 0 Å². The second-order valence-electron chi connectivity index (χ2n) is 6.59. The summed E-state index contributed by atoms with van der Waals surface area (Å²) < 4.78 is 0. The normalized spacial score (nSPS) is 25.4. The number of carbonyl (C=O) groups excluding carboxylic acids is 2. The smallest absolute Gasteiger partial charge is 0.281 e. The molecule has 0 aromatic heterocycles. The molecule has 0 radical (unpaired) electrons. The second-order valence-corrected chi connectivity index (χ2v) is 6.59. The van der Waals surface area contributed by atoms with E-state index in [1.807, 2.05) is 4.90 Å². The number of quaternary nitrogens is 1. The predicted molar refractivity (Wildman–Crippen MR) is 86.0 cm³/mol. The summed E-state index contributed by atoms with van der Waals surface area (Å²) >= 11 is 0. The van der Waals surface area contributed by atoms with Crippen molar-refractivity contribution in [1.29, 1.82) is 0 Å². The number of primary amides is 1. The van der Waals surface area contributed by atoms with Crippen LogP contribution in [0.2, 0.25) is 0 Å². The summed E-state index contributed by atoms with van der Waals surface area (Å²) in [7, 11) is 0. The maximum atomic E-state index is 12.7.